The van der Waals surface area contributed by atoms with Crippen molar-refractivity contribution in [2.24, 2.45) is 0 Å². The van der Waals surface area contributed by atoms with Gasteiger partial charge in [-0.3, -0.25) is 0 Å². The first-order valence-corrected chi connectivity index (χ1v) is 5.45. The maximum absolute atomic E-state index is 11.3. The molecule has 0 spiro atoms. The van der Waals surface area contributed by atoms with Crippen molar-refractivity contribution < 1.29 is 23.8 Å². The van der Waals surface area contributed by atoms with Crippen LogP contribution >= 0.6 is 0 Å². The fraction of sp³-hybridized carbons (Fsp3) is 0. The van der Waals surface area contributed by atoms with Gasteiger partial charge in [0.2, 0.25) is 0 Å². The monoisotopic (exact) mass is 282 g/mol. The fourth-order valence-electron chi connectivity index (χ4n) is 1.28. The van der Waals surface area contributed by atoms with Crippen LogP contribution in [-0.4, -0.2) is 35.4 Å². The molecule has 0 aliphatic carbocycles. The molecule has 0 bridgehead atoms. The van der Waals surface area contributed by atoms with Crippen molar-refractivity contribution in [2.45, 2.75) is 0 Å². The summed E-state index contributed by atoms with van der Waals surface area (Å²) in [7, 11) is 0. The van der Waals surface area contributed by atoms with E-state index in [1.54, 1.807) is 60.7 Å². The summed E-state index contributed by atoms with van der Waals surface area (Å²) in [6, 6.07) is 16.5. The van der Waals surface area contributed by atoms with Gasteiger partial charge in [0.05, 0.1) is 0 Å². The second-order valence-electron chi connectivity index (χ2n) is 3.43. The van der Waals surface area contributed by atoms with Crippen molar-refractivity contribution in [2.75, 3.05) is 0 Å². The zero-order chi connectivity index (χ0) is 13.5. The van der Waals surface area contributed by atoms with Crippen molar-refractivity contribution >= 4 is 35.4 Å². The fourth-order valence-corrected chi connectivity index (χ4v) is 1.28. The molecule has 2 rings (SSSR count). The molecule has 0 unspecified atom stereocenters. The summed E-state index contributed by atoms with van der Waals surface area (Å²) in [6.07, 6.45) is -2.29. The van der Waals surface area contributed by atoms with E-state index in [0.29, 0.717) is 0 Å². The second kappa shape index (κ2) is 8.18. The van der Waals surface area contributed by atoms with Gasteiger partial charge in [0.15, 0.2) is 0 Å². The van der Waals surface area contributed by atoms with E-state index in [2.05, 4.69) is 4.74 Å². The third kappa shape index (κ3) is 5.29. The summed E-state index contributed by atoms with van der Waals surface area (Å²) >= 11 is 0. The van der Waals surface area contributed by atoms with Crippen molar-refractivity contribution in [3.63, 3.8) is 0 Å². The molecule has 5 nitrogen and oxygen atoms in total. The predicted molar refractivity (Wildman–Crippen MR) is 71.8 cm³/mol. The van der Waals surface area contributed by atoms with Crippen LogP contribution in [0, 0.1) is 0 Å². The van der Waals surface area contributed by atoms with Gasteiger partial charge in [-0.15, -0.1) is 0 Å². The molecule has 0 N–H and O–H groups in total. The van der Waals surface area contributed by atoms with E-state index in [1.807, 2.05) is 0 Å². The average molecular weight is 283 g/mol. The number of para-hydroxylation sites is 2. The van der Waals surface area contributed by atoms with E-state index in [9.17, 15) is 9.59 Å². The smallest absolute Gasteiger partial charge is 0.395 e. The Balaban J connectivity index is 0.00000200. The van der Waals surface area contributed by atoms with Gasteiger partial charge in [0.25, 0.3) is 0 Å². The minimum Gasteiger partial charge on any atom is -0.395 e. The maximum atomic E-state index is 11.3. The van der Waals surface area contributed by atoms with Crippen LogP contribution in [0.25, 0.3) is 0 Å². The van der Waals surface area contributed by atoms with E-state index < -0.39 is 12.3 Å². The van der Waals surface area contributed by atoms with Gasteiger partial charge in [0.1, 0.15) is 11.5 Å². The molecule has 0 aliphatic rings. The van der Waals surface area contributed by atoms with Gasteiger partial charge in [-0.2, -0.15) is 0 Å². The number of hydrogen-bond donors (Lipinski definition) is 0. The quantitative estimate of drug-likeness (QED) is 0.367. The topological polar surface area (TPSA) is 61.8 Å². The predicted octanol–water partition coefficient (Wildman–Crippen LogP) is 3.02. The summed E-state index contributed by atoms with van der Waals surface area (Å²) in [5.74, 6) is 0.556. The SMILES string of the molecule is O=C(OC(=O)Oc1ccccc1)Oc1ccccc1.[Mg+2]. The normalized spacial score (nSPS) is 9.00. The van der Waals surface area contributed by atoms with Gasteiger partial charge in [-0.1, -0.05) is 36.4 Å². The molecule has 2 aromatic rings. The molecule has 0 saturated heterocycles. The first kappa shape index (κ1) is 16.0. The van der Waals surface area contributed by atoms with Gasteiger partial charge in [-0.25, -0.2) is 9.59 Å². The Morgan fingerprint density at radius 3 is 1.35 bits per heavy atom. The van der Waals surface area contributed by atoms with Gasteiger partial charge >= 0.3 is 35.4 Å². The second-order valence-corrected chi connectivity index (χ2v) is 3.43. The molecule has 20 heavy (non-hydrogen) atoms. The molecule has 0 atom stereocenters. The van der Waals surface area contributed by atoms with Crippen LogP contribution in [-0.2, 0) is 4.74 Å². The summed E-state index contributed by atoms with van der Waals surface area (Å²) in [6.45, 7) is 0. The molecular formula is C14H10MgO5+2. The Labute approximate surface area is 131 Å². The van der Waals surface area contributed by atoms with Crippen LogP contribution in [0.4, 0.5) is 9.59 Å². The number of hydrogen-bond acceptors (Lipinski definition) is 5. The van der Waals surface area contributed by atoms with Crippen LogP contribution in [0.5, 0.6) is 11.5 Å². The van der Waals surface area contributed by atoms with E-state index in [-0.39, 0.29) is 34.6 Å². The number of ether oxygens (including phenoxy) is 3. The Bertz CT molecular complexity index is 505. The largest absolute Gasteiger partial charge is 2.00 e. The Morgan fingerprint density at radius 1 is 0.650 bits per heavy atom. The van der Waals surface area contributed by atoms with E-state index >= 15 is 0 Å². The zero-order valence-corrected chi connectivity index (χ0v) is 11.9. The summed E-state index contributed by atoms with van der Waals surface area (Å²) in [5, 5.41) is 0. The molecule has 0 fully saturated rings. The third-order valence-electron chi connectivity index (χ3n) is 2.06. The van der Waals surface area contributed by atoms with Gasteiger partial charge in [0, 0.05) is 0 Å². The van der Waals surface area contributed by atoms with Crippen LogP contribution in [0.1, 0.15) is 0 Å². The zero-order valence-electron chi connectivity index (χ0n) is 10.5. The summed E-state index contributed by atoms with van der Waals surface area (Å²) in [5.41, 5.74) is 0. The molecule has 0 aliphatic heterocycles. The van der Waals surface area contributed by atoms with E-state index in [1.165, 1.54) is 0 Å². The molecule has 0 saturated carbocycles. The first-order chi connectivity index (χ1) is 9.24. The molecule has 0 heterocycles. The van der Waals surface area contributed by atoms with Gasteiger partial charge < -0.3 is 14.2 Å². The minimum atomic E-state index is -1.15. The maximum Gasteiger partial charge on any atom is 2.00 e. The van der Waals surface area contributed by atoms with Crippen molar-refractivity contribution in [3.8, 4) is 11.5 Å². The average Bonchev–Trinajstić information content (AvgIpc) is 2.40. The van der Waals surface area contributed by atoms with Crippen LogP contribution in [0.3, 0.4) is 0 Å². The number of benzene rings is 2. The van der Waals surface area contributed by atoms with Crippen LogP contribution < -0.4 is 9.47 Å². The number of carbonyl (C=O) groups is 2. The van der Waals surface area contributed by atoms with Gasteiger partial charge in [-0.05, 0) is 24.3 Å². The Morgan fingerprint density at radius 2 is 1.00 bits per heavy atom. The molecule has 6 heteroatoms. The number of carbonyl (C=O) groups excluding carboxylic acids is 2. The van der Waals surface area contributed by atoms with Crippen LogP contribution in [0.2, 0.25) is 0 Å². The minimum absolute atomic E-state index is 0. The van der Waals surface area contributed by atoms with Crippen LogP contribution in [0.15, 0.2) is 60.7 Å². The number of rotatable bonds is 2. The molecule has 0 radical (unpaired) electrons. The van der Waals surface area contributed by atoms with Crippen molar-refractivity contribution in [3.05, 3.63) is 60.7 Å². The first-order valence-electron chi connectivity index (χ1n) is 5.45. The Hall–Kier alpha value is -2.05. The Kier molecular flexibility index (Phi) is 6.55. The molecular weight excluding hydrogens is 272 g/mol. The molecule has 2 aromatic carbocycles. The van der Waals surface area contributed by atoms with Crippen molar-refractivity contribution in [1.82, 2.24) is 0 Å². The van der Waals surface area contributed by atoms with E-state index in [0.717, 1.165) is 0 Å². The molecule has 0 amide bonds. The van der Waals surface area contributed by atoms with E-state index in [4.69, 9.17) is 9.47 Å². The summed E-state index contributed by atoms with van der Waals surface area (Å²) in [4.78, 5) is 22.5. The van der Waals surface area contributed by atoms with Crippen molar-refractivity contribution in [1.29, 1.82) is 0 Å². The third-order valence-corrected chi connectivity index (χ3v) is 2.06. The summed E-state index contributed by atoms with van der Waals surface area (Å²) < 4.78 is 13.9. The standard InChI is InChI=1S/C14H10O5.Mg/c15-13(17-11-7-3-1-4-8-11)19-14(16)18-12-9-5-2-6-10-12;/h1-10H;/q;+2. The molecule has 96 valence electrons. The molecule has 0 aromatic heterocycles.